The Kier molecular flexibility index (Phi) is 4.81. The minimum absolute atomic E-state index is 0.0278. The number of Topliss-reactive ketones (excluding diaryl/α,β-unsaturated/α-hetero) is 1. The van der Waals surface area contributed by atoms with Gasteiger partial charge in [0.05, 0.1) is 24.1 Å². The van der Waals surface area contributed by atoms with Crippen molar-refractivity contribution >= 4 is 28.2 Å². The second kappa shape index (κ2) is 7.50. The molecule has 2 aliphatic heterocycles. The van der Waals surface area contributed by atoms with E-state index in [2.05, 4.69) is 17.1 Å². The summed E-state index contributed by atoms with van der Waals surface area (Å²) in [6.45, 7) is 4.62. The molecule has 1 aliphatic carbocycles. The number of nitrogens with zero attached hydrogens (tertiary/aromatic N) is 3. The number of ketones is 1. The van der Waals surface area contributed by atoms with Gasteiger partial charge in [-0.1, -0.05) is 30.4 Å². The largest absolute Gasteiger partial charge is 0.494 e. The van der Waals surface area contributed by atoms with Gasteiger partial charge in [0.25, 0.3) is 5.91 Å². The van der Waals surface area contributed by atoms with Crippen molar-refractivity contribution in [2.75, 3.05) is 11.5 Å². The SMILES string of the molecule is CCOc1cccc(C2C3=C(OC4CCC(C)CC4C3=O)C(=O)N2c2nncs2)c1. The van der Waals surface area contributed by atoms with Crippen LogP contribution in [0.3, 0.4) is 0 Å². The van der Waals surface area contributed by atoms with Gasteiger partial charge >= 0.3 is 0 Å². The summed E-state index contributed by atoms with van der Waals surface area (Å²) < 4.78 is 11.9. The number of amides is 1. The van der Waals surface area contributed by atoms with Gasteiger partial charge < -0.3 is 9.47 Å². The number of carbonyl (C=O) groups is 2. The van der Waals surface area contributed by atoms with Gasteiger partial charge in [-0.05, 0) is 49.8 Å². The van der Waals surface area contributed by atoms with Crippen molar-refractivity contribution < 1.29 is 19.1 Å². The van der Waals surface area contributed by atoms with Crippen molar-refractivity contribution in [3.05, 3.63) is 46.7 Å². The Bertz CT molecular complexity index is 1020. The molecule has 4 unspecified atom stereocenters. The normalized spacial score (nSPS) is 28.3. The zero-order valence-corrected chi connectivity index (χ0v) is 17.7. The smallest absolute Gasteiger partial charge is 0.296 e. The molecule has 2 aromatic rings. The van der Waals surface area contributed by atoms with E-state index in [1.165, 1.54) is 11.3 Å². The molecule has 0 spiro atoms. The van der Waals surface area contributed by atoms with Crippen molar-refractivity contribution in [1.29, 1.82) is 0 Å². The van der Waals surface area contributed by atoms with Gasteiger partial charge in [-0.15, -0.1) is 10.2 Å². The highest BCUT2D eigenvalue weighted by Crippen LogP contribution is 2.49. The highest BCUT2D eigenvalue weighted by molar-refractivity contribution is 7.13. The molecule has 156 valence electrons. The van der Waals surface area contributed by atoms with Gasteiger partial charge in [0, 0.05) is 0 Å². The molecule has 1 saturated carbocycles. The molecule has 0 radical (unpaired) electrons. The fraction of sp³-hybridized carbons (Fsp3) is 0.455. The van der Waals surface area contributed by atoms with Crippen molar-refractivity contribution in [2.45, 2.75) is 45.3 Å². The van der Waals surface area contributed by atoms with E-state index >= 15 is 0 Å². The second-order valence-corrected chi connectivity index (χ2v) is 8.90. The van der Waals surface area contributed by atoms with Crippen LogP contribution in [0.5, 0.6) is 5.75 Å². The maximum atomic E-state index is 13.7. The maximum absolute atomic E-state index is 13.7. The molecule has 0 N–H and O–H groups in total. The van der Waals surface area contributed by atoms with E-state index in [4.69, 9.17) is 9.47 Å². The first-order valence-corrected chi connectivity index (χ1v) is 11.2. The quantitative estimate of drug-likeness (QED) is 0.743. The van der Waals surface area contributed by atoms with Gasteiger partial charge in [-0.2, -0.15) is 0 Å². The van der Waals surface area contributed by atoms with Gasteiger partial charge in [0.2, 0.25) is 5.13 Å². The molecule has 0 bridgehead atoms. The second-order valence-electron chi connectivity index (χ2n) is 8.09. The minimum atomic E-state index is -0.591. The fourth-order valence-electron chi connectivity index (χ4n) is 4.80. The van der Waals surface area contributed by atoms with Crippen LogP contribution in [0.2, 0.25) is 0 Å². The predicted octanol–water partition coefficient (Wildman–Crippen LogP) is 3.68. The molecule has 30 heavy (non-hydrogen) atoms. The Morgan fingerprint density at radius 3 is 2.93 bits per heavy atom. The van der Waals surface area contributed by atoms with Crippen LogP contribution >= 0.6 is 11.3 Å². The molecule has 4 atom stereocenters. The lowest BCUT2D eigenvalue weighted by molar-refractivity contribution is -0.132. The van der Waals surface area contributed by atoms with E-state index in [1.807, 2.05) is 31.2 Å². The average molecular weight is 426 g/mol. The lowest BCUT2D eigenvalue weighted by Crippen LogP contribution is -2.41. The van der Waals surface area contributed by atoms with Crippen LogP contribution in [0.25, 0.3) is 0 Å². The van der Waals surface area contributed by atoms with Crippen molar-refractivity contribution in [3.8, 4) is 5.75 Å². The molecule has 5 rings (SSSR count). The van der Waals surface area contributed by atoms with Gasteiger partial charge in [0.1, 0.15) is 17.4 Å². The number of anilines is 1. The summed E-state index contributed by atoms with van der Waals surface area (Å²) in [5, 5.41) is 8.47. The third-order valence-electron chi connectivity index (χ3n) is 6.15. The number of hydrogen-bond donors (Lipinski definition) is 0. The van der Waals surface area contributed by atoms with Crippen LogP contribution in [-0.4, -0.2) is 34.6 Å². The standard InChI is InChI=1S/C22H23N3O4S/c1-3-28-14-6-4-5-13(10-14)18-17-19(26)15-9-12(2)7-8-16(15)29-20(17)21(27)25(18)22-24-23-11-30-22/h4-6,10-12,15-16,18H,3,7-9H2,1-2H3. The maximum Gasteiger partial charge on any atom is 0.296 e. The number of rotatable bonds is 4. The summed E-state index contributed by atoms with van der Waals surface area (Å²) in [5.74, 6) is 0.850. The Morgan fingerprint density at radius 1 is 1.30 bits per heavy atom. The Labute approximate surface area is 178 Å². The van der Waals surface area contributed by atoms with E-state index in [1.54, 1.807) is 10.4 Å². The lowest BCUT2D eigenvalue weighted by atomic mass is 9.74. The molecule has 8 heteroatoms. The van der Waals surface area contributed by atoms with Crippen LogP contribution < -0.4 is 9.64 Å². The third-order valence-corrected chi connectivity index (χ3v) is 6.84. The van der Waals surface area contributed by atoms with E-state index in [0.717, 1.165) is 24.8 Å². The summed E-state index contributed by atoms with van der Waals surface area (Å²) in [7, 11) is 0. The Morgan fingerprint density at radius 2 is 2.17 bits per heavy atom. The number of ether oxygens (including phenoxy) is 2. The van der Waals surface area contributed by atoms with Crippen LogP contribution in [-0.2, 0) is 14.3 Å². The highest BCUT2D eigenvalue weighted by atomic mass is 32.1. The summed E-state index contributed by atoms with van der Waals surface area (Å²) in [4.78, 5) is 28.6. The number of aromatic nitrogens is 2. The first-order valence-electron chi connectivity index (χ1n) is 10.4. The van der Waals surface area contributed by atoms with E-state index in [9.17, 15) is 9.59 Å². The van der Waals surface area contributed by atoms with Gasteiger partial charge in [-0.25, -0.2) is 0 Å². The average Bonchev–Trinajstić information content (AvgIpc) is 3.36. The topological polar surface area (TPSA) is 81.6 Å². The molecule has 1 aromatic heterocycles. The third kappa shape index (κ3) is 3.01. The Hall–Kier alpha value is -2.74. The highest BCUT2D eigenvalue weighted by Gasteiger charge is 2.53. The van der Waals surface area contributed by atoms with Crippen LogP contribution in [0, 0.1) is 11.8 Å². The van der Waals surface area contributed by atoms with Gasteiger partial charge in [-0.3, -0.25) is 14.5 Å². The van der Waals surface area contributed by atoms with Gasteiger partial charge in [0.15, 0.2) is 11.5 Å². The fourth-order valence-corrected chi connectivity index (χ4v) is 5.39. The van der Waals surface area contributed by atoms with E-state index < -0.39 is 6.04 Å². The monoisotopic (exact) mass is 425 g/mol. The molecular formula is C22H23N3O4S. The zero-order chi connectivity index (χ0) is 20.8. The molecule has 3 heterocycles. The molecule has 1 amide bonds. The molecular weight excluding hydrogens is 402 g/mol. The summed E-state index contributed by atoms with van der Waals surface area (Å²) in [5.41, 5.74) is 2.82. The minimum Gasteiger partial charge on any atom is -0.494 e. The predicted molar refractivity (Wildman–Crippen MR) is 111 cm³/mol. The zero-order valence-electron chi connectivity index (χ0n) is 16.9. The van der Waals surface area contributed by atoms with Crippen LogP contribution in [0.1, 0.15) is 44.7 Å². The number of fused-ring (bicyclic) bond motifs is 1. The van der Waals surface area contributed by atoms with Crippen LogP contribution in [0.4, 0.5) is 5.13 Å². The van der Waals surface area contributed by atoms with Crippen molar-refractivity contribution in [3.63, 3.8) is 0 Å². The summed E-state index contributed by atoms with van der Waals surface area (Å²) in [6.07, 6.45) is 2.37. The Balaban J connectivity index is 1.63. The molecule has 7 nitrogen and oxygen atoms in total. The first kappa shape index (κ1) is 19.2. The van der Waals surface area contributed by atoms with E-state index in [-0.39, 0.29) is 29.5 Å². The molecule has 1 fully saturated rings. The molecule has 3 aliphatic rings. The first-order chi connectivity index (χ1) is 14.6. The van der Waals surface area contributed by atoms with Crippen molar-refractivity contribution in [2.24, 2.45) is 11.8 Å². The number of hydrogen-bond acceptors (Lipinski definition) is 7. The van der Waals surface area contributed by atoms with Crippen molar-refractivity contribution in [1.82, 2.24) is 10.2 Å². The molecule has 1 aromatic carbocycles. The lowest BCUT2D eigenvalue weighted by Gasteiger charge is -2.37. The van der Waals surface area contributed by atoms with E-state index in [0.29, 0.717) is 29.0 Å². The summed E-state index contributed by atoms with van der Waals surface area (Å²) in [6, 6.07) is 6.95. The number of benzene rings is 1. The van der Waals surface area contributed by atoms with Crippen LogP contribution in [0.15, 0.2) is 41.1 Å². The number of carbonyl (C=O) groups excluding carboxylic acids is 2. The molecule has 0 saturated heterocycles. The summed E-state index contributed by atoms with van der Waals surface area (Å²) >= 11 is 1.27.